The summed E-state index contributed by atoms with van der Waals surface area (Å²) in [6, 6.07) is 0.856. The lowest BCUT2D eigenvalue weighted by atomic mass is 10.1. The van der Waals surface area contributed by atoms with E-state index in [4.69, 9.17) is 0 Å². The second-order valence-corrected chi connectivity index (χ2v) is 3.82. The van der Waals surface area contributed by atoms with E-state index in [0.29, 0.717) is 0 Å². The smallest absolute Gasteiger partial charge is 0.0105 e. The summed E-state index contributed by atoms with van der Waals surface area (Å²) >= 11 is 0. The molecule has 2 nitrogen and oxygen atoms in total. The zero-order chi connectivity index (χ0) is 8.81. The average molecular weight is 172 g/mol. The monoisotopic (exact) mass is 172 g/mol. The Bertz CT molecular complexity index is 119. The number of likely N-dealkylation sites (tertiary alicyclic amines) is 1. The molecule has 0 radical (unpaired) electrons. The van der Waals surface area contributed by atoms with Gasteiger partial charge in [-0.2, -0.15) is 0 Å². The molecule has 0 bridgehead atoms. The second kappa shape index (κ2) is 5.55. The highest BCUT2D eigenvalue weighted by atomic mass is 15.1. The quantitative estimate of drug-likeness (QED) is 0.635. The summed E-state index contributed by atoms with van der Waals surface area (Å²) in [6.07, 6.45) is 5.39. The fourth-order valence-corrected chi connectivity index (χ4v) is 1.91. The van der Waals surface area contributed by atoms with Crippen LogP contribution in [0.4, 0.5) is 0 Å². The van der Waals surface area contributed by atoms with Crippen molar-refractivity contribution in [3.8, 4) is 0 Å². The van der Waals surface area contributed by atoms with Gasteiger partial charge in [-0.25, -0.2) is 0 Å². The van der Waals surface area contributed by atoms with Crippen molar-refractivity contribution in [2.75, 3.05) is 26.7 Å². The second-order valence-electron chi connectivity index (χ2n) is 3.82. The summed E-state index contributed by atoms with van der Waals surface area (Å²) in [5.41, 5.74) is 0. The third-order valence-electron chi connectivity index (χ3n) is 2.75. The molecule has 1 N–H and O–H groups in total. The molecule has 0 spiro atoms. The third kappa shape index (κ3) is 3.11. The minimum Gasteiger partial charge on any atom is -0.317 e. The van der Waals surface area contributed by atoms with Crippen LogP contribution in [0.1, 0.15) is 34.0 Å². The maximum Gasteiger partial charge on any atom is 0.0105 e. The van der Waals surface area contributed by atoms with Crippen LogP contribution in [0.15, 0.2) is 0 Å². The Kier molecular flexibility index (Phi) is 4.62. The van der Waals surface area contributed by atoms with Gasteiger partial charge < -0.3 is 10.2 Å². The Morgan fingerprint density at radius 1 is 1.50 bits per heavy atom. The first-order chi connectivity index (χ1) is 5.84. The molecule has 1 atom stereocenters. The van der Waals surface area contributed by atoms with Crippen molar-refractivity contribution in [3.63, 3.8) is 0 Å². The van der Waals surface area contributed by atoms with Gasteiger partial charge in [0.25, 0.3) is 0 Å². The topological polar surface area (TPSA) is 15.3 Å². The van der Waals surface area contributed by atoms with Crippen molar-refractivity contribution in [1.29, 1.82) is 0 Å². The Hall–Kier alpha value is -0.0800. The van der Waals surface area contributed by atoms with Crippen LogP contribution in [0.2, 0.25) is 0 Å². The van der Waals surface area contributed by atoms with Gasteiger partial charge in [-0.05, 0) is 52.4 Å². The zero-order valence-corrected chi connectivity index (χ0v) is 8.47. The summed E-state index contributed by atoms with van der Waals surface area (Å²) in [5.74, 6) is 0. The molecule has 1 aliphatic rings. The molecule has 1 aliphatic heterocycles. The predicted octanol–water partition coefficient (Wildman–Crippen LogP) is 1.72. The largest absolute Gasteiger partial charge is 0.317 e. The Morgan fingerprint density at radius 2 is 2.33 bits per heavy atom. The minimum absolute atomic E-state index is 0. The normalized spacial score (nSPS) is 25.0. The van der Waals surface area contributed by atoms with Crippen LogP contribution in [0.25, 0.3) is 0 Å². The molecule has 0 aromatic rings. The SMILES string of the molecule is CCCNCCC1CCCN1C.[HH]. The van der Waals surface area contributed by atoms with Crippen molar-refractivity contribution in [2.24, 2.45) is 0 Å². The standard InChI is InChI=1S/C10H22N2.H2/c1-3-7-11-8-6-10-5-4-9-12(10)2;/h10-11H,3-9H2,1-2H3;1H. The molecule has 1 rings (SSSR count). The van der Waals surface area contributed by atoms with E-state index in [1.165, 1.54) is 45.3 Å². The van der Waals surface area contributed by atoms with E-state index in [1.54, 1.807) is 0 Å². The summed E-state index contributed by atoms with van der Waals surface area (Å²) in [7, 11) is 2.25. The van der Waals surface area contributed by atoms with E-state index < -0.39 is 0 Å². The molecule has 1 unspecified atom stereocenters. The highest BCUT2D eigenvalue weighted by Gasteiger charge is 2.19. The number of hydrogen-bond acceptors (Lipinski definition) is 2. The fraction of sp³-hybridized carbons (Fsp3) is 1.00. The maximum atomic E-state index is 3.46. The van der Waals surface area contributed by atoms with E-state index in [0.717, 1.165) is 6.04 Å². The van der Waals surface area contributed by atoms with E-state index in [-0.39, 0.29) is 1.43 Å². The van der Waals surface area contributed by atoms with Gasteiger partial charge in [-0.3, -0.25) is 0 Å². The van der Waals surface area contributed by atoms with Crippen LogP contribution in [0.3, 0.4) is 0 Å². The van der Waals surface area contributed by atoms with Crippen LogP contribution in [-0.2, 0) is 0 Å². The van der Waals surface area contributed by atoms with E-state index >= 15 is 0 Å². The van der Waals surface area contributed by atoms with Gasteiger partial charge in [0.2, 0.25) is 0 Å². The lowest BCUT2D eigenvalue weighted by Gasteiger charge is -2.19. The van der Waals surface area contributed by atoms with Crippen LogP contribution < -0.4 is 5.32 Å². The summed E-state index contributed by atoms with van der Waals surface area (Å²) < 4.78 is 0. The molecule has 1 saturated heterocycles. The maximum absolute atomic E-state index is 3.46. The van der Waals surface area contributed by atoms with Crippen molar-refractivity contribution in [3.05, 3.63) is 0 Å². The number of nitrogens with zero attached hydrogens (tertiary/aromatic N) is 1. The molecule has 0 saturated carbocycles. The number of nitrogens with one attached hydrogen (secondary N) is 1. The predicted molar refractivity (Wildman–Crippen MR) is 55.5 cm³/mol. The first kappa shape index (κ1) is 10.0. The Morgan fingerprint density at radius 3 is 2.92 bits per heavy atom. The summed E-state index contributed by atoms with van der Waals surface area (Å²) in [4.78, 5) is 2.49. The van der Waals surface area contributed by atoms with Gasteiger partial charge in [0.1, 0.15) is 0 Å². The molecule has 74 valence electrons. The third-order valence-corrected chi connectivity index (χ3v) is 2.75. The first-order valence-corrected chi connectivity index (χ1v) is 5.25. The summed E-state index contributed by atoms with van der Waals surface area (Å²) in [6.45, 7) is 5.90. The molecule has 0 aromatic carbocycles. The average Bonchev–Trinajstić information content (AvgIpc) is 2.46. The summed E-state index contributed by atoms with van der Waals surface area (Å²) in [5, 5.41) is 3.46. The molecular formula is C10H24N2. The molecule has 1 heterocycles. The number of rotatable bonds is 5. The van der Waals surface area contributed by atoms with E-state index in [2.05, 4.69) is 24.2 Å². The highest BCUT2D eigenvalue weighted by Crippen LogP contribution is 2.16. The van der Waals surface area contributed by atoms with Crippen molar-refractivity contribution < 1.29 is 1.43 Å². The van der Waals surface area contributed by atoms with E-state index in [9.17, 15) is 0 Å². The van der Waals surface area contributed by atoms with Crippen LogP contribution >= 0.6 is 0 Å². The van der Waals surface area contributed by atoms with Crippen LogP contribution in [-0.4, -0.2) is 37.6 Å². The van der Waals surface area contributed by atoms with Gasteiger partial charge in [0.15, 0.2) is 0 Å². The van der Waals surface area contributed by atoms with Gasteiger partial charge in [0.05, 0.1) is 0 Å². The lowest BCUT2D eigenvalue weighted by Crippen LogP contribution is -2.29. The number of hydrogen-bond donors (Lipinski definition) is 1. The minimum atomic E-state index is 0. The van der Waals surface area contributed by atoms with Gasteiger partial charge >= 0.3 is 0 Å². The Balaban J connectivity index is 0.00000144. The molecule has 0 aromatic heterocycles. The van der Waals surface area contributed by atoms with Crippen molar-refractivity contribution in [2.45, 2.75) is 38.6 Å². The van der Waals surface area contributed by atoms with Crippen molar-refractivity contribution >= 4 is 0 Å². The molecule has 2 heteroatoms. The van der Waals surface area contributed by atoms with Crippen LogP contribution in [0.5, 0.6) is 0 Å². The van der Waals surface area contributed by atoms with Crippen molar-refractivity contribution in [1.82, 2.24) is 10.2 Å². The van der Waals surface area contributed by atoms with Gasteiger partial charge in [-0.1, -0.05) is 6.92 Å². The molecule has 0 amide bonds. The van der Waals surface area contributed by atoms with E-state index in [1.807, 2.05) is 0 Å². The highest BCUT2D eigenvalue weighted by molar-refractivity contribution is 4.76. The zero-order valence-electron chi connectivity index (χ0n) is 8.47. The molecule has 0 aliphatic carbocycles. The van der Waals surface area contributed by atoms with Gasteiger partial charge in [-0.15, -0.1) is 0 Å². The molecular weight excluding hydrogens is 148 g/mol. The van der Waals surface area contributed by atoms with Crippen LogP contribution in [0, 0.1) is 0 Å². The fourth-order valence-electron chi connectivity index (χ4n) is 1.91. The molecule has 12 heavy (non-hydrogen) atoms. The lowest BCUT2D eigenvalue weighted by molar-refractivity contribution is 0.294. The van der Waals surface area contributed by atoms with Gasteiger partial charge in [0, 0.05) is 7.47 Å². The molecule has 1 fully saturated rings. The first-order valence-electron chi connectivity index (χ1n) is 5.25. The Labute approximate surface area is 77.8 Å².